The van der Waals surface area contributed by atoms with E-state index in [0.29, 0.717) is 0 Å². The Hall–Kier alpha value is -5.31. The van der Waals surface area contributed by atoms with Gasteiger partial charge in [-0.3, -0.25) is 0 Å². The third kappa shape index (κ3) is 8.27. The van der Waals surface area contributed by atoms with Crippen molar-refractivity contribution in [1.29, 1.82) is 0 Å². The van der Waals surface area contributed by atoms with Crippen molar-refractivity contribution >= 4 is 58.1 Å². The third-order valence-electron chi connectivity index (χ3n) is 9.36. The van der Waals surface area contributed by atoms with E-state index in [9.17, 15) is 0 Å². The molecular weight excluding hydrogens is 790 g/mol. The second kappa shape index (κ2) is 19.0. The summed E-state index contributed by atoms with van der Waals surface area (Å²) in [6, 6.07) is 78.2. The molecule has 1 radical (unpaired) electrons. The molecule has 7 aromatic carbocycles. The largest absolute Gasteiger partial charge is 0.207 e. The molecule has 4 nitrogen and oxygen atoms in total. The van der Waals surface area contributed by atoms with Gasteiger partial charge in [-0.15, -0.1) is 0 Å². The van der Waals surface area contributed by atoms with Crippen molar-refractivity contribution < 1.29 is 17.1 Å². The second-order valence-electron chi connectivity index (χ2n) is 12.8. The van der Waals surface area contributed by atoms with Crippen LogP contribution in [0.2, 0.25) is 0 Å². The Balaban J connectivity index is 0.000000177. The molecule has 0 atom stereocenters. The topological polar surface area (TPSA) is 35.6 Å². The predicted molar refractivity (Wildman–Crippen MR) is 239 cm³/mol. The molecule has 0 saturated carbocycles. The van der Waals surface area contributed by atoms with Gasteiger partial charge in [-0.05, 0) is 97.1 Å². The van der Waals surface area contributed by atoms with Gasteiger partial charge in [0.1, 0.15) is 47.7 Å². The molecule has 2 aromatic heterocycles. The molecule has 279 valence electrons. The molecule has 2 heterocycles. The Labute approximate surface area is 344 Å². The van der Waals surface area contributed by atoms with Gasteiger partial charge < -0.3 is 0 Å². The van der Waals surface area contributed by atoms with Gasteiger partial charge in [0.2, 0.25) is 0 Å². The Morgan fingerprint density at radius 1 is 0.321 bits per heavy atom. The molecule has 0 amide bonds. The van der Waals surface area contributed by atoms with Gasteiger partial charge in [0, 0.05) is 49.7 Å². The summed E-state index contributed by atoms with van der Waals surface area (Å²) in [7, 11) is -4.09. The van der Waals surface area contributed by atoms with Crippen molar-refractivity contribution in [2.45, 2.75) is 9.79 Å². The third-order valence-corrected chi connectivity index (χ3v) is 18.6. The van der Waals surface area contributed by atoms with Crippen LogP contribution in [0.1, 0.15) is 0 Å². The van der Waals surface area contributed by atoms with Crippen LogP contribution in [-0.2, 0) is 17.1 Å². The zero-order valence-electron chi connectivity index (χ0n) is 30.6. The van der Waals surface area contributed by atoms with Crippen molar-refractivity contribution in [3.63, 3.8) is 0 Å². The molecule has 0 aliphatic heterocycles. The number of benzene rings is 7. The van der Waals surface area contributed by atoms with Gasteiger partial charge in [0.05, 0.1) is 12.4 Å². The van der Waals surface area contributed by atoms with Crippen molar-refractivity contribution in [1.82, 2.24) is 18.4 Å². The Morgan fingerprint density at radius 2 is 0.589 bits per heavy atom. The molecule has 0 spiro atoms. The van der Waals surface area contributed by atoms with Crippen LogP contribution in [0, 0.1) is 0 Å². The van der Waals surface area contributed by atoms with Crippen LogP contribution in [-0.4, -0.2) is 18.4 Å². The van der Waals surface area contributed by atoms with Gasteiger partial charge in [0.25, 0.3) is 0 Å². The Kier molecular flexibility index (Phi) is 13.2. The van der Waals surface area contributed by atoms with E-state index in [-0.39, 0.29) is 17.1 Å². The minimum absolute atomic E-state index is 0. The van der Waals surface area contributed by atoms with Crippen molar-refractivity contribution in [3.05, 3.63) is 243 Å². The van der Waals surface area contributed by atoms with Crippen molar-refractivity contribution in [2.24, 2.45) is 0 Å². The van der Waals surface area contributed by atoms with Crippen molar-refractivity contribution in [2.75, 3.05) is 0 Å². The van der Waals surface area contributed by atoms with Crippen LogP contribution < -0.4 is 31.8 Å². The summed E-state index contributed by atoms with van der Waals surface area (Å²) in [5.74, 6) is 0. The van der Waals surface area contributed by atoms with E-state index in [4.69, 9.17) is 0 Å². The van der Waals surface area contributed by atoms with Gasteiger partial charge in [0.15, 0.2) is 0 Å². The molecule has 9 rings (SSSR count). The quantitative estimate of drug-likeness (QED) is 0.102. The number of rotatable bonds is 10. The van der Waals surface area contributed by atoms with Crippen LogP contribution in [0.5, 0.6) is 0 Å². The molecular formula is C48H42CuN4P2S+2. The molecule has 0 bridgehead atoms. The second-order valence-corrected chi connectivity index (χ2v) is 20.4. The zero-order chi connectivity index (χ0) is 37.1. The molecule has 0 N–H and O–H groups in total. The average Bonchev–Trinajstić information content (AvgIpc) is 4.02. The summed E-state index contributed by atoms with van der Waals surface area (Å²) >= 11 is 0. The first-order chi connectivity index (χ1) is 27.3. The normalized spacial score (nSPS) is 11.3. The minimum atomic E-state index is -1.81. The maximum absolute atomic E-state index is 4.59. The van der Waals surface area contributed by atoms with Crippen LogP contribution in [0.4, 0.5) is 0 Å². The number of hydrogen-bond donors (Lipinski definition) is 0. The molecule has 8 heteroatoms. The van der Waals surface area contributed by atoms with Crippen LogP contribution >= 0.6 is 26.2 Å². The first-order valence-corrected chi connectivity index (χ1v) is 22.9. The van der Waals surface area contributed by atoms with E-state index in [1.54, 1.807) is 0 Å². The summed E-state index contributed by atoms with van der Waals surface area (Å²) in [5.41, 5.74) is 0. The van der Waals surface area contributed by atoms with Gasteiger partial charge in [-0.1, -0.05) is 121 Å². The molecule has 0 aliphatic rings. The Morgan fingerprint density at radius 3 is 0.857 bits per heavy atom. The van der Waals surface area contributed by atoms with E-state index in [2.05, 4.69) is 204 Å². The maximum atomic E-state index is 4.59. The minimum Gasteiger partial charge on any atom is -0.207 e. The van der Waals surface area contributed by atoms with Crippen LogP contribution in [0.15, 0.2) is 253 Å². The molecule has 0 aliphatic carbocycles. The predicted octanol–water partition coefficient (Wildman–Crippen LogP) is 8.89. The average molecular weight is 832 g/mol. The Bertz CT molecular complexity index is 2220. The summed E-state index contributed by atoms with van der Waals surface area (Å²) in [6.07, 6.45) is 7.66. The van der Waals surface area contributed by atoms with Gasteiger partial charge >= 0.3 is 0 Å². The van der Waals surface area contributed by atoms with Gasteiger partial charge in [-0.25, -0.2) is 8.17 Å². The number of nitrogens with zero attached hydrogens (tertiary/aromatic N) is 4. The molecule has 56 heavy (non-hydrogen) atoms. The van der Waals surface area contributed by atoms with Crippen molar-refractivity contribution in [3.8, 4) is 0 Å². The molecule has 9 aromatic rings. The standard InChI is InChI=1S/C30H24P2.C18H16N4S.Cu/c1-5-15-25(16-6-1)31(26-17-7-2-8-18-26)29-23-13-14-24-30(29)32(27-19-9-3-10-20-27)28-21-11-4-12-22-28;1-3-9-17(10-4-1)23(21-15-7-13-19-21,22-16-8-14-20-22)18-11-5-2-6-12-18;/h1-24H;1-16H;/p+2. The number of aromatic nitrogens is 4. The zero-order valence-corrected chi connectivity index (χ0v) is 34.4. The fraction of sp³-hybridized carbons (Fsp3) is 0. The van der Waals surface area contributed by atoms with E-state index in [1.807, 2.05) is 57.2 Å². The molecule has 0 saturated heterocycles. The fourth-order valence-corrected chi connectivity index (χ4v) is 16.2. The first kappa shape index (κ1) is 38.9. The van der Waals surface area contributed by atoms with E-state index >= 15 is 0 Å². The van der Waals surface area contributed by atoms with Gasteiger partial charge in [-0.2, -0.15) is 10.2 Å². The number of hydrogen-bond acceptors (Lipinski definition) is 2. The summed E-state index contributed by atoms with van der Waals surface area (Å²) in [5, 5.41) is 17.9. The summed E-state index contributed by atoms with van der Waals surface area (Å²) < 4.78 is 4.06. The van der Waals surface area contributed by atoms with E-state index in [0.717, 1.165) is 0 Å². The van der Waals surface area contributed by atoms with Crippen LogP contribution in [0.25, 0.3) is 0 Å². The fourth-order valence-electron chi connectivity index (χ4n) is 6.99. The molecule has 0 fully saturated rings. The van der Waals surface area contributed by atoms with Crippen LogP contribution in [0.3, 0.4) is 0 Å². The SMILES string of the molecule is [Cu].c1ccc(S(c2ccccc2)(n2cccn2)n2cccn2)cc1.c1ccc([PH+](c2ccccc2)c2ccccc2[PH+](c2ccccc2)c2ccccc2)cc1. The smallest absolute Gasteiger partial charge is 0.144 e. The maximum Gasteiger partial charge on any atom is 0.144 e. The summed E-state index contributed by atoms with van der Waals surface area (Å²) in [4.78, 5) is 2.36. The van der Waals surface area contributed by atoms with E-state index < -0.39 is 26.2 Å². The monoisotopic (exact) mass is 831 g/mol. The molecule has 0 unspecified atom stereocenters. The first-order valence-electron chi connectivity index (χ1n) is 18.3. The van der Waals surface area contributed by atoms with E-state index in [1.165, 1.54) is 41.6 Å². The summed E-state index contributed by atoms with van der Waals surface area (Å²) in [6.45, 7) is 0.